The molecule has 2 rings (SSSR count). The van der Waals surface area contributed by atoms with E-state index in [2.05, 4.69) is 4.72 Å². The van der Waals surface area contributed by atoms with Gasteiger partial charge in [0.1, 0.15) is 0 Å². The second kappa shape index (κ2) is 7.70. The molecule has 0 saturated carbocycles. The van der Waals surface area contributed by atoms with E-state index >= 15 is 0 Å². The predicted molar refractivity (Wildman–Crippen MR) is 100 cm³/mol. The van der Waals surface area contributed by atoms with Crippen molar-refractivity contribution in [3.63, 3.8) is 0 Å². The molecule has 0 spiro atoms. The maximum atomic E-state index is 12.6. The quantitative estimate of drug-likeness (QED) is 0.856. The molecule has 0 radical (unpaired) electrons. The van der Waals surface area contributed by atoms with E-state index in [-0.39, 0.29) is 10.8 Å². The average molecular weight is 360 g/mol. The molecule has 134 valence electrons. The largest absolute Gasteiger partial charge is 0.339 e. The smallest absolute Gasteiger partial charge is 0.261 e. The third kappa shape index (κ3) is 4.39. The van der Waals surface area contributed by atoms with Crippen LogP contribution in [0.15, 0.2) is 47.4 Å². The molecule has 2 aromatic carbocycles. The van der Waals surface area contributed by atoms with Gasteiger partial charge in [0, 0.05) is 18.7 Å². The molecular formula is C19H24N2O3S. The van der Waals surface area contributed by atoms with Gasteiger partial charge in [-0.2, -0.15) is 0 Å². The molecule has 25 heavy (non-hydrogen) atoms. The molecule has 0 bridgehead atoms. The van der Waals surface area contributed by atoms with Crippen molar-refractivity contribution >= 4 is 21.6 Å². The van der Waals surface area contributed by atoms with Crippen molar-refractivity contribution in [3.8, 4) is 0 Å². The number of hydrogen-bond donors (Lipinski definition) is 1. The normalized spacial score (nSPS) is 11.2. The molecule has 0 atom stereocenters. The maximum Gasteiger partial charge on any atom is 0.261 e. The zero-order valence-corrected chi connectivity index (χ0v) is 15.9. The van der Waals surface area contributed by atoms with Crippen LogP contribution in [0.3, 0.4) is 0 Å². The first kappa shape index (κ1) is 19.0. The van der Waals surface area contributed by atoms with Gasteiger partial charge in [0.15, 0.2) is 0 Å². The number of anilines is 1. The number of sulfonamides is 1. The molecule has 0 fully saturated rings. The number of amides is 1. The average Bonchev–Trinajstić information content (AvgIpc) is 2.58. The van der Waals surface area contributed by atoms with E-state index in [0.717, 1.165) is 11.1 Å². The lowest BCUT2D eigenvalue weighted by atomic mass is 10.1. The van der Waals surface area contributed by atoms with E-state index in [1.54, 1.807) is 23.1 Å². The lowest BCUT2D eigenvalue weighted by molar-refractivity contribution is 0.0773. The van der Waals surface area contributed by atoms with Gasteiger partial charge in [0.25, 0.3) is 15.9 Å². The van der Waals surface area contributed by atoms with Crippen molar-refractivity contribution in [2.24, 2.45) is 0 Å². The molecule has 0 saturated heterocycles. The molecule has 0 aromatic heterocycles. The van der Waals surface area contributed by atoms with Crippen molar-refractivity contribution < 1.29 is 13.2 Å². The van der Waals surface area contributed by atoms with Crippen molar-refractivity contribution in [2.45, 2.75) is 32.6 Å². The van der Waals surface area contributed by atoms with Gasteiger partial charge in [-0.3, -0.25) is 9.52 Å². The molecule has 5 nitrogen and oxygen atoms in total. The van der Waals surface area contributed by atoms with E-state index < -0.39 is 10.0 Å². The highest BCUT2D eigenvalue weighted by atomic mass is 32.2. The van der Waals surface area contributed by atoms with Gasteiger partial charge < -0.3 is 4.90 Å². The van der Waals surface area contributed by atoms with Gasteiger partial charge in [0.05, 0.1) is 10.6 Å². The number of hydrogen-bond acceptors (Lipinski definition) is 3. The molecule has 1 amide bonds. The van der Waals surface area contributed by atoms with E-state index in [1.165, 1.54) is 12.1 Å². The summed E-state index contributed by atoms with van der Waals surface area (Å²) in [5.41, 5.74) is 2.96. The van der Waals surface area contributed by atoms with Gasteiger partial charge in [0.2, 0.25) is 0 Å². The van der Waals surface area contributed by atoms with Crippen molar-refractivity contribution in [1.29, 1.82) is 0 Å². The van der Waals surface area contributed by atoms with Crippen molar-refractivity contribution in [1.82, 2.24) is 4.90 Å². The highest BCUT2D eigenvalue weighted by Crippen LogP contribution is 2.21. The lowest BCUT2D eigenvalue weighted by Gasteiger charge is -2.18. The zero-order valence-electron chi connectivity index (χ0n) is 15.0. The number of aryl methyl sites for hydroxylation is 2. The Morgan fingerprint density at radius 1 is 1.00 bits per heavy atom. The molecule has 0 aliphatic rings. The first-order valence-electron chi connectivity index (χ1n) is 8.28. The summed E-state index contributed by atoms with van der Waals surface area (Å²) in [6.45, 7) is 8.86. The molecule has 0 unspecified atom stereocenters. The van der Waals surface area contributed by atoms with Crippen molar-refractivity contribution in [3.05, 3.63) is 59.2 Å². The molecular weight excluding hydrogens is 336 g/mol. The van der Waals surface area contributed by atoms with Crippen LogP contribution >= 0.6 is 0 Å². The molecule has 1 N–H and O–H groups in total. The van der Waals surface area contributed by atoms with Crippen LogP contribution in [-0.4, -0.2) is 32.3 Å². The summed E-state index contributed by atoms with van der Waals surface area (Å²) in [6, 6.07) is 11.6. The van der Waals surface area contributed by atoms with Crippen molar-refractivity contribution in [2.75, 3.05) is 17.8 Å². The van der Waals surface area contributed by atoms with Crippen LogP contribution in [0, 0.1) is 13.8 Å². The summed E-state index contributed by atoms with van der Waals surface area (Å²) in [6.07, 6.45) is 0. The Labute approximate surface area is 149 Å². The molecule has 0 aliphatic carbocycles. The maximum absolute atomic E-state index is 12.6. The summed E-state index contributed by atoms with van der Waals surface area (Å²) < 4.78 is 27.7. The first-order valence-corrected chi connectivity index (χ1v) is 9.76. The number of nitrogens with one attached hydrogen (secondary N) is 1. The minimum Gasteiger partial charge on any atom is -0.339 e. The van der Waals surface area contributed by atoms with Gasteiger partial charge >= 0.3 is 0 Å². The minimum atomic E-state index is -3.70. The summed E-state index contributed by atoms with van der Waals surface area (Å²) >= 11 is 0. The second-order valence-corrected chi connectivity index (χ2v) is 7.61. The summed E-state index contributed by atoms with van der Waals surface area (Å²) in [5.74, 6) is -0.101. The second-order valence-electron chi connectivity index (χ2n) is 5.93. The SMILES string of the molecule is CCN(CC)C(=O)c1ccc(S(=O)(=O)Nc2ccc(C)cc2C)cc1. The Balaban J connectivity index is 2.24. The summed E-state index contributed by atoms with van der Waals surface area (Å²) in [5, 5.41) is 0. The standard InChI is InChI=1S/C19H24N2O3S/c1-5-21(6-2)19(22)16-8-10-17(11-9-16)25(23,24)20-18-12-7-14(3)13-15(18)4/h7-13,20H,5-6H2,1-4H3. The van der Waals surface area contributed by atoms with E-state index in [0.29, 0.717) is 24.3 Å². The van der Waals surface area contributed by atoms with Gasteiger partial charge in [-0.1, -0.05) is 17.7 Å². The van der Waals surface area contributed by atoms with Crippen LogP contribution in [0.4, 0.5) is 5.69 Å². The Morgan fingerprint density at radius 3 is 2.12 bits per heavy atom. The predicted octanol–water partition coefficient (Wildman–Crippen LogP) is 3.59. The molecule has 0 heterocycles. The van der Waals surface area contributed by atoms with Crippen LogP contribution in [0.25, 0.3) is 0 Å². The number of benzene rings is 2. The minimum absolute atomic E-state index is 0.101. The Hall–Kier alpha value is -2.34. The van der Waals surface area contributed by atoms with Crippen LogP contribution in [0.2, 0.25) is 0 Å². The van der Waals surface area contributed by atoms with Gasteiger partial charge in [-0.05, 0) is 63.6 Å². The monoisotopic (exact) mass is 360 g/mol. The van der Waals surface area contributed by atoms with E-state index in [1.807, 2.05) is 39.8 Å². The highest BCUT2D eigenvalue weighted by molar-refractivity contribution is 7.92. The van der Waals surface area contributed by atoms with E-state index in [4.69, 9.17) is 0 Å². The Morgan fingerprint density at radius 2 is 1.60 bits per heavy atom. The van der Waals surface area contributed by atoms with Crippen LogP contribution in [0.5, 0.6) is 0 Å². The zero-order chi connectivity index (χ0) is 18.6. The van der Waals surface area contributed by atoms with Gasteiger partial charge in [-0.15, -0.1) is 0 Å². The third-order valence-corrected chi connectivity index (χ3v) is 5.47. The van der Waals surface area contributed by atoms with Crippen LogP contribution in [-0.2, 0) is 10.0 Å². The van der Waals surface area contributed by atoms with E-state index in [9.17, 15) is 13.2 Å². The highest BCUT2D eigenvalue weighted by Gasteiger charge is 2.17. The third-order valence-electron chi connectivity index (χ3n) is 4.09. The van der Waals surface area contributed by atoms with Gasteiger partial charge in [-0.25, -0.2) is 8.42 Å². The fourth-order valence-corrected chi connectivity index (χ4v) is 3.73. The fraction of sp³-hybridized carbons (Fsp3) is 0.316. The molecule has 6 heteroatoms. The number of rotatable bonds is 6. The summed E-state index contributed by atoms with van der Waals surface area (Å²) in [4.78, 5) is 14.1. The topological polar surface area (TPSA) is 66.5 Å². The number of carbonyl (C=O) groups excluding carboxylic acids is 1. The Kier molecular flexibility index (Phi) is 5.85. The number of carbonyl (C=O) groups is 1. The van der Waals surface area contributed by atoms with Crippen LogP contribution < -0.4 is 4.72 Å². The number of nitrogens with zero attached hydrogens (tertiary/aromatic N) is 1. The fourth-order valence-electron chi connectivity index (χ4n) is 2.60. The summed E-state index contributed by atoms with van der Waals surface area (Å²) in [7, 11) is -3.70. The Bertz CT molecular complexity index is 855. The van der Waals surface area contributed by atoms with Crippen LogP contribution in [0.1, 0.15) is 35.3 Å². The first-order chi connectivity index (χ1) is 11.8. The molecule has 0 aliphatic heterocycles. The lowest BCUT2D eigenvalue weighted by Crippen LogP contribution is -2.30. The molecule has 2 aromatic rings.